The van der Waals surface area contributed by atoms with Crippen LogP contribution in [0.15, 0.2) is 12.2 Å². The normalized spacial score (nSPS) is 22.5. The Bertz CT molecular complexity index is 844. The first kappa shape index (κ1) is 48.9. The second-order valence-corrected chi connectivity index (χ2v) is 15.3. The molecule has 0 bridgehead atoms. The first-order chi connectivity index (χ1) is 25.3. The van der Waals surface area contributed by atoms with Gasteiger partial charge in [-0.1, -0.05) is 180 Å². The molecule has 0 aromatic carbocycles. The zero-order valence-electron chi connectivity index (χ0n) is 33.2. The number of allylic oxidation sites excluding steroid dienone is 1. The third kappa shape index (κ3) is 23.6. The third-order valence-corrected chi connectivity index (χ3v) is 10.5. The Balaban J connectivity index is 2.45. The van der Waals surface area contributed by atoms with Crippen molar-refractivity contribution in [1.82, 2.24) is 5.32 Å². The number of amides is 1. The van der Waals surface area contributed by atoms with Gasteiger partial charge in [0, 0.05) is 0 Å². The molecule has 1 saturated heterocycles. The van der Waals surface area contributed by atoms with Crippen LogP contribution in [0.5, 0.6) is 0 Å². The molecule has 1 amide bonds. The lowest BCUT2D eigenvalue weighted by molar-refractivity contribution is -0.302. The maximum Gasteiger partial charge on any atom is 0.249 e. The molecule has 8 unspecified atom stereocenters. The Kier molecular flexibility index (Phi) is 31.3. The average Bonchev–Trinajstić information content (AvgIpc) is 3.14. The monoisotopic (exact) mass is 744 g/mol. The predicted molar refractivity (Wildman–Crippen MR) is 209 cm³/mol. The van der Waals surface area contributed by atoms with Gasteiger partial charge in [0.2, 0.25) is 5.91 Å². The van der Waals surface area contributed by atoms with E-state index in [1.807, 2.05) is 6.08 Å². The summed E-state index contributed by atoms with van der Waals surface area (Å²) in [4.78, 5) is 13.0. The minimum atomic E-state index is -1.61. The number of aliphatic hydroxyl groups excluding tert-OH is 6. The molecule has 8 atom stereocenters. The van der Waals surface area contributed by atoms with Crippen molar-refractivity contribution in [3.05, 3.63) is 12.2 Å². The Hall–Kier alpha value is -1.11. The van der Waals surface area contributed by atoms with Gasteiger partial charge in [-0.05, 0) is 19.3 Å². The van der Waals surface area contributed by atoms with Crippen molar-refractivity contribution < 1.29 is 44.9 Å². The van der Waals surface area contributed by atoms with Gasteiger partial charge in [-0.25, -0.2) is 0 Å². The molecule has 0 radical (unpaired) electrons. The number of carbonyl (C=O) groups is 1. The molecular formula is C42H81NO9. The van der Waals surface area contributed by atoms with Crippen molar-refractivity contribution in [2.45, 2.75) is 236 Å². The van der Waals surface area contributed by atoms with Crippen LogP contribution < -0.4 is 5.32 Å². The van der Waals surface area contributed by atoms with E-state index in [0.717, 1.165) is 44.9 Å². The highest BCUT2D eigenvalue weighted by Crippen LogP contribution is 2.23. The van der Waals surface area contributed by atoms with Gasteiger partial charge >= 0.3 is 0 Å². The van der Waals surface area contributed by atoms with E-state index in [1.165, 1.54) is 122 Å². The summed E-state index contributed by atoms with van der Waals surface area (Å²) < 4.78 is 11.1. The van der Waals surface area contributed by atoms with Crippen LogP contribution >= 0.6 is 0 Å². The number of unbranched alkanes of at least 4 members (excludes halogenated alkanes) is 24. The van der Waals surface area contributed by atoms with Crippen LogP contribution in [0.1, 0.15) is 187 Å². The van der Waals surface area contributed by atoms with Gasteiger partial charge in [0.05, 0.1) is 25.4 Å². The van der Waals surface area contributed by atoms with Crippen LogP contribution in [0.25, 0.3) is 0 Å². The highest BCUT2D eigenvalue weighted by Gasteiger charge is 2.44. The molecule has 7 N–H and O–H groups in total. The highest BCUT2D eigenvalue weighted by molar-refractivity contribution is 5.80. The van der Waals surface area contributed by atoms with Crippen molar-refractivity contribution in [3.63, 3.8) is 0 Å². The number of aliphatic hydroxyl groups is 6. The molecule has 0 aromatic heterocycles. The van der Waals surface area contributed by atoms with Gasteiger partial charge in [0.1, 0.15) is 30.5 Å². The van der Waals surface area contributed by atoms with Crippen LogP contribution in [0, 0.1) is 0 Å². The van der Waals surface area contributed by atoms with E-state index in [9.17, 15) is 35.4 Å². The Morgan fingerprint density at radius 3 is 1.56 bits per heavy atom. The summed E-state index contributed by atoms with van der Waals surface area (Å²) >= 11 is 0. The summed E-state index contributed by atoms with van der Waals surface area (Å²) in [6.45, 7) is 3.58. The lowest BCUT2D eigenvalue weighted by atomic mass is 9.99. The van der Waals surface area contributed by atoms with E-state index in [0.29, 0.717) is 6.42 Å². The van der Waals surface area contributed by atoms with E-state index in [2.05, 4.69) is 19.2 Å². The molecule has 10 nitrogen and oxygen atoms in total. The van der Waals surface area contributed by atoms with Crippen LogP contribution in [0.3, 0.4) is 0 Å². The van der Waals surface area contributed by atoms with Crippen molar-refractivity contribution in [1.29, 1.82) is 0 Å². The minimum Gasteiger partial charge on any atom is -0.394 e. The SMILES string of the molecule is CCCCCCCCCCCCCCCCC/C=C/C(O)C(COC1OC(CO)C(O)C(O)C1O)NC(=O)C(O)CCCCCCCCCCCC. The standard InChI is InChI=1S/C42H81NO9/c1-3-5-7-9-11-13-15-16-17-18-19-20-21-23-24-26-28-30-35(45)34(33-51-42-40(49)39(48)38(47)37(32-44)52-42)43-41(50)36(46)31-29-27-25-22-14-12-10-8-6-4-2/h28,30,34-40,42,44-49H,3-27,29,31-33H2,1-2H3,(H,43,50)/b30-28+. The number of ether oxygens (including phenoxy) is 2. The summed E-state index contributed by atoms with van der Waals surface area (Å²) in [7, 11) is 0. The highest BCUT2D eigenvalue weighted by atomic mass is 16.7. The second-order valence-electron chi connectivity index (χ2n) is 15.3. The van der Waals surface area contributed by atoms with Gasteiger partial charge in [-0.3, -0.25) is 4.79 Å². The quantitative estimate of drug-likeness (QED) is 0.0264. The lowest BCUT2D eigenvalue weighted by Gasteiger charge is -2.40. The van der Waals surface area contributed by atoms with Gasteiger partial charge in [0.25, 0.3) is 0 Å². The molecule has 1 aliphatic heterocycles. The topological polar surface area (TPSA) is 169 Å². The van der Waals surface area contributed by atoms with Crippen LogP contribution in [0.4, 0.5) is 0 Å². The molecular weight excluding hydrogens is 662 g/mol. The van der Waals surface area contributed by atoms with Crippen LogP contribution in [-0.4, -0.2) is 98.7 Å². The van der Waals surface area contributed by atoms with Crippen molar-refractivity contribution >= 4 is 5.91 Å². The molecule has 308 valence electrons. The van der Waals surface area contributed by atoms with E-state index in [4.69, 9.17) is 9.47 Å². The molecule has 1 aliphatic rings. The summed E-state index contributed by atoms with van der Waals surface area (Å²) in [5.41, 5.74) is 0. The average molecular weight is 744 g/mol. The van der Waals surface area contributed by atoms with Gasteiger partial charge < -0.3 is 45.4 Å². The zero-order valence-corrected chi connectivity index (χ0v) is 33.2. The molecule has 0 aliphatic carbocycles. The molecule has 0 aromatic rings. The molecule has 10 heteroatoms. The number of nitrogens with one attached hydrogen (secondary N) is 1. The fourth-order valence-corrected chi connectivity index (χ4v) is 6.87. The van der Waals surface area contributed by atoms with Gasteiger partial charge in [-0.15, -0.1) is 0 Å². The smallest absolute Gasteiger partial charge is 0.249 e. The fourth-order valence-electron chi connectivity index (χ4n) is 6.87. The van der Waals surface area contributed by atoms with Gasteiger partial charge in [-0.2, -0.15) is 0 Å². The minimum absolute atomic E-state index is 0.302. The van der Waals surface area contributed by atoms with Crippen molar-refractivity contribution in [2.24, 2.45) is 0 Å². The molecule has 0 spiro atoms. The number of rotatable bonds is 35. The summed E-state index contributed by atoms with van der Waals surface area (Å²) in [6.07, 6.45) is 25.9. The third-order valence-electron chi connectivity index (χ3n) is 10.5. The maximum absolute atomic E-state index is 13.0. The summed E-state index contributed by atoms with van der Waals surface area (Å²) in [5.74, 6) is -0.617. The number of hydrogen-bond acceptors (Lipinski definition) is 9. The summed E-state index contributed by atoms with van der Waals surface area (Å²) in [6, 6.07) is -0.973. The maximum atomic E-state index is 13.0. The number of carbonyl (C=O) groups excluding carboxylic acids is 1. The Morgan fingerprint density at radius 2 is 1.10 bits per heavy atom. The summed E-state index contributed by atoms with van der Waals surface area (Å²) in [5, 5.41) is 64.4. The molecule has 1 rings (SSSR count). The molecule has 52 heavy (non-hydrogen) atoms. The molecule has 1 fully saturated rings. The van der Waals surface area contributed by atoms with E-state index in [-0.39, 0.29) is 6.61 Å². The first-order valence-electron chi connectivity index (χ1n) is 21.5. The van der Waals surface area contributed by atoms with Crippen LogP contribution in [0.2, 0.25) is 0 Å². The zero-order chi connectivity index (χ0) is 38.2. The van der Waals surface area contributed by atoms with E-state index < -0.39 is 61.5 Å². The molecule has 1 heterocycles. The Labute approximate surface area is 317 Å². The Morgan fingerprint density at radius 1 is 0.654 bits per heavy atom. The first-order valence-corrected chi connectivity index (χ1v) is 21.5. The van der Waals surface area contributed by atoms with Gasteiger partial charge in [0.15, 0.2) is 6.29 Å². The lowest BCUT2D eigenvalue weighted by Crippen LogP contribution is -2.60. The number of hydrogen-bond donors (Lipinski definition) is 7. The largest absolute Gasteiger partial charge is 0.394 e. The predicted octanol–water partition coefficient (Wildman–Crippen LogP) is 7.14. The van der Waals surface area contributed by atoms with E-state index in [1.54, 1.807) is 6.08 Å². The molecule has 0 saturated carbocycles. The fraction of sp³-hybridized carbons (Fsp3) is 0.929. The van der Waals surface area contributed by atoms with Crippen LogP contribution in [-0.2, 0) is 14.3 Å². The van der Waals surface area contributed by atoms with Crippen molar-refractivity contribution in [2.75, 3.05) is 13.2 Å². The van der Waals surface area contributed by atoms with E-state index >= 15 is 0 Å². The second kappa shape index (κ2) is 33.2. The van der Waals surface area contributed by atoms with Crippen molar-refractivity contribution in [3.8, 4) is 0 Å².